The molecule has 19 aromatic rings. The van der Waals surface area contributed by atoms with Crippen LogP contribution in [0.1, 0.15) is 203 Å². The van der Waals surface area contributed by atoms with Crippen molar-refractivity contribution in [1.29, 1.82) is 0 Å². The first-order valence-electron chi connectivity index (χ1n) is 48.3. The van der Waals surface area contributed by atoms with Crippen molar-refractivity contribution in [3.05, 3.63) is 436 Å². The fourth-order valence-electron chi connectivity index (χ4n) is 25.6. The highest BCUT2D eigenvalue weighted by Gasteiger charge is 2.53. The summed E-state index contributed by atoms with van der Waals surface area (Å²) >= 11 is 0. The van der Waals surface area contributed by atoms with E-state index in [0.29, 0.717) is 0 Å². The van der Waals surface area contributed by atoms with Gasteiger partial charge in [-0.1, -0.05) is 379 Å². The molecule has 0 radical (unpaired) electrons. The molecule has 0 amide bonds. The Balaban J connectivity index is 0.000000110. The predicted molar refractivity (Wildman–Crippen MR) is 566 cm³/mol. The number of para-hydroxylation sites is 6. The standard InChI is InChI=1S/C44H39N.C43H37N.C43H39N/c1-42(2)35-26-38(45-36-21-13-7-15-27(36)25-28-16-8-14-22-37(28)45)29-17-9-10-18-30(29)39(35)32-23-24-34-40(41(32)42)31-19-11-12-20-33(31)43(3,4)44(34,5)6;1-41(2)35-23-27(44-38-17-11-9-15-30(38)31-16-10-12-18-39(31)44)20-21-29(35)32-24-37-33(25-36(32)41)40-28-14-8-7-13-26(28)19-22-34(40)42(3,4)43(37,5)6;1-41(2)37-25-31(44(29-16-9-7-10-17-29)30-18-11-8-12-19-30)22-23-33(37)34-26-39-35(27-38(34)41)40-32-20-14-13-15-28(32)21-24-36(40)42(3,4)43(39,5)6/h7-24,26H,25H2,1-6H3;7-25H,1-6H3;7-27H,1-6H3. The molecule has 7 aliphatic rings. The van der Waals surface area contributed by atoms with Crippen LogP contribution in [0.15, 0.2) is 358 Å². The van der Waals surface area contributed by atoms with E-state index in [1.54, 1.807) is 0 Å². The lowest BCUT2D eigenvalue weighted by Crippen LogP contribution is -2.44. The normalized spacial score (nSPS) is 17.0. The number of hydrogen-bond acceptors (Lipinski definition) is 2. The van der Waals surface area contributed by atoms with Gasteiger partial charge in [0.25, 0.3) is 0 Å². The Morgan fingerprint density at radius 1 is 0.211 bits per heavy atom. The van der Waals surface area contributed by atoms with Gasteiger partial charge in [-0.15, -0.1) is 0 Å². The highest BCUT2D eigenvalue weighted by molar-refractivity contribution is 6.13. The van der Waals surface area contributed by atoms with Crippen LogP contribution >= 0.6 is 0 Å². The molecule has 1 aromatic heterocycles. The number of anilines is 6. The molecule has 3 nitrogen and oxygen atoms in total. The van der Waals surface area contributed by atoms with Gasteiger partial charge in [-0.25, -0.2) is 0 Å². The molecule has 18 aromatic carbocycles. The molecular weight excluding hydrogens is 1600 g/mol. The number of nitrogens with zero attached hydrogens (tertiary/aromatic N) is 3. The highest BCUT2D eigenvalue weighted by Crippen LogP contribution is 2.66. The van der Waals surface area contributed by atoms with Crippen LogP contribution in [0.5, 0.6) is 0 Å². The van der Waals surface area contributed by atoms with Crippen LogP contribution in [-0.4, -0.2) is 4.57 Å². The molecule has 0 unspecified atom stereocenters. The van der Waals surface area contributed by atoms with E-state index in [4.69, 9.17) is 0 Å². The van der Waals surface area contributed by atoms with Crippen LogP contribution in [0, 0.1) is 0 Å². The lowest BCUT2D eigenvalue weighted by atomic mass is 9.54. The Bertz CT molecular complexity index is 8050. The summed E-state index contributed by atoms with van der Waals surface area (Å²) in [5.41, 5.74) is 47.3. The number of hydrogen-bond donors (Lipinski definition) is 0. The van der Waals surface area contributed by atoms with Gasteiger partial charge in [-0.2, -0.15) is 0 Å². The van der Waals surface area contributed by atoms with E-state index in [0.717, 1.165) is 17.8 Å². The Morgan fingerprint density at radius 3 is 1.13 bits per heavy atom. The van der Waals surface area contributed by atoms with Crippen LogP contribution < -0.4 is 9.80 Å². The zero-order valence-electron chi connectivity index (χ0n) is 80.1. The number of aromatic nitrogens is 1. The van der Waals surface area contributed by atoms with Crippen molar-refractivity contribution in [3.8, 4) is 72.4 Å². The van der Waals surface area contributed by atoms with Gasteiger partial charge in [0.05, 0.1) is 16.7 Å². The third-order valence-electron chi connectivity index (χ3n) is 34.9. The van der Waals surface area contributed by atoms with Gasteiger partial charge in [0.2, 0.25) is 0 Å². The second-order valence-electron chi connectivity index (χ2n) is 43.9. The highest BCUT2D eigenvalue weighted by atomic mass is 15.2. The van der Waals surface area contributed by atoms with E-state index in [9.17, 15) is 0 Å². The largest absolute Gasteiger partial charge is 0.310 e. The lowest BCUT2D eigenvalue weighted by Gasteiger charge is -2.49. The van der Waals surface area contributed by atoms with Crippen molar-refractivity contribution in [3.63, 3.8) is 0 Å². The van der Waals surface area contributed by atoms with Crippen molar-refractivity contribution in [2.75, 3.05) is 9.80 Å². The van der Waals surface area contributed by atoms with Crippen molar-refractivity contribution < 1.29 is 0 Å². The van der Waals surface area contributed by atoms with Gasteiger partial charge in [0, 0.05) is 72.9 Å². The third-order valence-corrected chi connectivity index (χ3v) is 34.9. The second-order valence-corrected chi connectivity index (χ2v) is 43.9. The van der Waals surface area contributed by atoms with Crippen LogP contribution in [-0.2, 0) is 55.2 Å². The molecule has 133 heavy (non-hydrogen) atoms. The van der Waals surface area contributed by atoms with Crippen molar-refractivity contribution in [2.45, 2.75) is 180 Å². The van der Waals surface area contributed by atoms with Gasteiger partial charge in [-0.05, 0) is 307 Å². The molecule has 2 heterocycles. The number of rotatable bonds is 5. The summed E-state index contributed by atoms with van der Waals surface area (Å²) in [4.78, 5) is 4.91. The maximum absolute atomic E-state index is 2.56. The average Bonchev–Trinajstić information content (AvgIpc) is 1.55. The minimum Gasteiger partial charge on any atom is -0.310 e. The van der Waals surface area contributed by atoms with Gasteiger partial charge >= 0.3 is 0 Å². The lowest BCUT2D eigenvalue weighted by molar-refractivity contribution is 0.298. The average molecular weight is 1720 g/mol. The first-order valence-corrected chi connectivity index (χ1v) is 48.3. The molecule has 0 fully saturated rings. The molecule has 0 bridgehead atoms. The molecule has 0 atom stereocenters. The van der Waals surface area contributed by atoms with E-state index in [2.05, 4.69) is 497 Å². The maximum Gasteiger partial charge on any atom is 0.0543 e. The summed E-state index contributed by atoms with van der Waals surface area (Å²) in [6.45, 7) is 43.8. The predicted octanol–water partition coefficient (Wildman–Crippen LogP) is 35.1. The maximum atomic E-state index is 2.56. The smallest absolute Gasteiger partial charge is 0.0543 e. The summed E-state index contributed by atoms with van der Waals surface area (Å²) in [6.07, 6.45) is 0.959. The Morgan fingerprint density at radius 2 is 0.594 bits per heavy atom. The van der Waals surface area contributed by atoms with E-state index in [1.165, 1.54) is 227 Å². The van der Waals surface area contributed by atoms with Gasteiger partial charge < -0.3 is 14.4 Å². The molecule has 0 spiro atoms. The topological polar surface area (TPSA) is 11.4 Å². The third kappa shape index (κ3) is 11.4. The fraction of sp³-hybridized carbons (Fsp3) is 0.215. The monoisotopic (exact) mass is 1720 g/mol. The second kappa shape index (κ2) is 28.6. The van der Waals surface area contributed by atoms with Crippen LogP contribution in [0.4, 0.5) is 34.1 Å². The van der Waals surface area contributed by atoms with Gasteiger partial charge in [-0.3, -0.25) is 0 Å². The Labute approximate surface area is 785 Å². The summed E-state index contributed by atoms with van der Waals surface area (Å²) in [7, 11) is 0. The molecule has 6 aliphatic carbocycles. The zero-order valence-corrected chi connectivity index (χ0v) is 80.1. The molecule has 3 heteroatoms. The SMILES string of the molecule is CC1(C)c2cc(-n3c4ccccc4c4ccccc43)ccc2-c2cc3c(cc21)-c1c(ccc2ccccc12)C(C)(C)C3(C)C.CC1(C)c2cc(N(c3ccccc3)c3ccccc3)ccc2-c2cc3c(cc21)-c1c(ccc2ccccc12)C(C)(C)C3(C)C.CC1(C)c2cc(N3c4ccccc4Cc4ccccc43)c3ccccc3c2-c2ccc3c(c21)-c1ccccc1C(C)(C)C3(C)C. The molecule has 650 valence electrons. The molecule has 26 rings (SSSR count). The molecule has 0 saturated heterocycles. The first kappa shape index (κ1) is 82.3. The van der Waals surface area contributed by atoms with E-state index in [1.807, 2.05) is 0 Å². The summed E-state index contributed by atoms with van der Waals surface area (Å²) < 4.78 is 2.45. The minimum absolute atomic E-state index is 0.00926. The van der Waals surface area contributed by atoms with Crippen molar-refractivity contribution in [2.24, 2.45) is 0 Å². The molecule has 1 aliphatic heterocycles. The van der Waals surface area contributed by atoms with E-state index >= 15 is 0 Å². The summed E-state index contributed by atoms with van der Waals surface area (Å²) in [5, 5.41) is 10.6. The fourth-order valence-corrected chi connectivity index (χ4v) is 25.6. The number of benzene rings is 18. The Kier molecular flexibility index (Phi) is 17.7. The van der Waals surface area contributed by atoms with Crippen LogP contribution in [0.2, 0.25) is 0 Å². The quantitative estimate of drug-likeness (QED) is 0.170. The van der Waals surface area contributed by atoms with Crippen LogP contribution in [0.3, 0.4) is 0 Å². The van der Waals surface area contributed by atoms with Crippen molar-refractivity contribution in [1.82, 2.24) is 4.57 Å². The molecule has 0 saturated carbocycles. The Hall–Kier alpha value is -13.9. The summed E-state index contributed by atoms with van der Waals surface area (Å²) in [6, 6.07) is 134. The minimum atomic E-state index is -0.186. The van der Waals surface area contributed by atoms with Crippen molar-refractivity contribution >= 4 is 88.2 Å². The molecular formula is C130H115N3. The van der Waals surface area contributed by atoms with Gasteiger partial charge in [0.15, 0.2) is 0 Å². The summed E-state index contributed by atoms with van der Waals surface area (Å²) in [5.74, 6) is 0. The zero-order chi connectivity index (χ0) is 91.5. The first-order chi connectivity index (χ1) is 63.8. The van der Waals surface area contributed by atoms with Crippen LogP contribution in [0.25, 0.3) is 127 Å². The van der Waals surface area contributed by atoms with E-state index < -0.39 is 0 Å². The van der Waals surface area contributed by atoms with Gasteiger partial charge in [0.1, 0.15) is 0 Å². The number of fused-ring (bicyclic) bond motifs is 30. The molecule has 0 N–H and O–H groups in total. The van der Waals surface area contributed by atoms with E-state index in [-0.39, 0.29) is 48.7 Å².